The maximum absolute atomic E-state index is 6.50. The van der Waals surface area contributed by atoms with Gasteiger partial charge in [0, 0.05) is 18.3 Å². The van der Waals surface area contributed by atoms with Crippen molar-refractivity contribution in [3.8, 4) is 0 Å². The highest BCUT2D eigenvalue weighted by Crippen LogP contribution is 2.41. The summed E-state index contributed by atoms with van der Waals surface area (Å²) in [6.07, 6.45) is 0. The van der Waals surface area contributed by atoms with Gasteiger partial charge in [0.2, 0.25) is 0 Å². The molecule has 0 aromatic heterocycles. The van der Waals surface area contributed by atoms with Gasteiger partial charge in [0.05, 0.1) is 0 Å². The number of hydrogen-bond acceptors (Lipinski definition) is 4. The van der Waals surface area contributed by atoms with Gasteiger partial charge < -0.3 is 17.1 Å². The van der Waals surface area contributed by atoms with E-state index in [1.54, 1.807) is 0 Å². The minimum absolute atomic E-state index is 0.0320. The first-order chi connectivity index (χ1) is 8.79. The Labute approximate surface area is 128 Å². The maximum atomic E-state index is 6.50. The summed E-state index contributed by atoms with van der Waals surface area (Å²) in [6, 6.07) is 0. The number of rotatable bonds is 8. The van der Waals surface area contributed by atoms with Gasteiger partial charge in [-0.15, -0.1) is 0 Å². The monoisotopic (exact) mass is 338 g/mol. The molecule has 0 radical (unpaired) electrons. The molecule has 122 valence electrons. The molecule has 0 amide bonds. The van der Waals surface area contributed by atoms with Gasteiger partial charge in [0.1, 0.15) is 0 Å². The molecule has 0 saturated carbocycles. The van der Waals surface area contributed by atoms with E-state index < -0.39 is 25.7 Å². The van der Waals surface area contributed by atoms with Crippen molar-refractivity contribution in [1.82, 2.24) is 0 Å². The summed E-state index contributed by atoms with van der Waals surface area (Å²) in [6.45, 7) is 22.4. The van der Waals surface area contributed by atoms with Gasteiger partial charge in [0.25, 0.3) is 0 Å². The first kappa shape index (κ1) is 20.5. The SMILES string of the molecule is CCO[Si](C)(C)O[Si](C)(O[Si](C)(C)OCC)C(C)(C)C. The molecule has 0 saturated heterocycles. The highest BCUT2D eigenvalue weighted by atomic mass is 28.5. The molecule has 0 aliphatic heterocycles. The Morgan fingerprint density at radius 3 is 1.20 bits per heavy atom. The third kappa shape index (κ3) is 6.50. The molecule has 20 heavy (non-hydrogen) atoms. The van der Waals surface area contributed by atoms with Crippen molar-refractivity contribution >= 4 is 25.7 Å². The first-order valence-electron chi connectivity index (χ1n) is 7.47. The fourth-order valence-corrected chi connectivity index (χ4v) is 14.4. The molecule has 0 fully saturated rings. The van der Waals surface area contributed by atoms with Crippen molar-refractivity contribution in [3.05, 3.63) is 0 Å². The van der Waals surface area contributed by atoms with Crippen LogP contribution in [0, 0.1) is 0 Å². The fraction of sp³-hybridized carbons (Fsp3) is 1.00. The van der Waals surface area contributed by atoms with Crippen molar-refractivity contribution in [3.63, 3.8) is 0 Å². The molecule has 0 aromatic carbocycles. The third-order valence-corrected chi connectivity index (χ3v) is 15.0. The fourth-order valence-electron chi connectivity index (χ4n) is 2.02. The van der Waals surface area contributed by atoms with Crippen LogP contribution in [0.25, 0.3) is 0 Å². The molecule has 0 rings (SSSR count). The lowest BCUT2D eigenvalue weighted by Gasteiger charge is -2.46. The Hall–Kier alpha value is 0.491. The molecule has 0 aliphatic rings. The van der Waals surface area contributed by atoms with Crippen LogP contribution in [0.1, 0.15) is 34.6 Å². The normalized spacial score (nSPS) is 14.7. The van der Waals surface area contributed by atoms with Gasteiger partial charge in [-0.25, -0.2) is 0 Å². The lowest BCUT2D eigenvalue weighted by atomic mass is 10.3. The van der Waals surface area contributed by atoms with Gasteiger partial charge >= 0.3 is 25.7 Å². The van der Waals surface area contributed by atoms with E-state index in [4.69, 9.17) is 17.1 Å². The molecule has 4 nitrogen and oxygen atoms in total. The zero-order chi connectivity index (χ0) is 16.2. The van der Waals surface area contributed by atoms with Crippen LogP contribution in [-0.2, 0) is 17.1 Å². The maximum Gasteiger partial charge on any atom is 0.322 e. The van der Waals surface area contributed by atoms with Crippen LogP contribution < -0.4 is 0 Å². The van der Waals surface area contributed by atoms with E-state index in [0.717, 1.165) is 0 Å². The summed E-state index contributed by atoms with van der Waals surface area (Å²) < 4.78 is 24.7. The molecule has 0 unspecified atom stereocenters. The topological polar surface area (TPSA) is 36.9 Å². The molecule has 0 spiro atoms. The summed E-state index contributed by atoms with van der Waals surface area (Å²) in [7, 11) is -6.76. The Bertz CT molecular complexity index is 280. The van der Waals surface area contributed by atoms with Crippen molar-refractivity contribution < 1.29 is 17.1 Å². The van der Waals surface area contributed by atoms with Gasteiger partial charge in [0.15, 0.2) is 0 Å². The molecule has 0 heterocycles. The third-order valence-electron chi connectivity index (χ3n) is 3.23. The molecule has 7 heteroatoms. The van der Waals surface area contributed by atoms with E-state index >= 15 is 0 Å². The molecule has 0 N–H and O–H groups in total. The average Bonchev–Trinajstić information content (AvgIpc) is 2.12. The van der Waals surface area contributed by atoms with Gasteiger partial charge in [-0.1, -0.05) is 20.8 Å². The largest absolute Gasteiger partial charge is 0.415 e. The van der Waals surface area contributed by atoms with E-state index in [-0.39, 0.29) is 5.04 Å². The molecule has 0 bridgehead atoms. The predicted octanol–water partition coefficient (Wildman–Crippen LogP) is 4.37. The van der Waals surface area contributed by atoms with Gasteiger partial charge in [-0.2, -0.15) is 0 Å². The molecule has 0 aromatic rings. The van der Waals surface area contributed by atoms with Gasteiger partial charge in [-0.05, 0) is 46.6 Å². The van der Waals surface area contributed by atoms with Crippen LogP contribution in [0.3, 0.4) is 0 Å². The summed E-state index contributed by atoms with van der Waals surface area (Å²) in [5.41, 5.74) is 0. The second kappa shape index (κ2) is 7.17. The molecule has 0 aliphatic carbocycles. The van der Waals surface area contributed by atoms with Crippen LogP contribution in [0.5, 0.6) is 0 Å². The van der Waals surface area contributed by atoms with E-state index in [2.05, 4.69) is 53.5 Å². The van der Waals surface area contributed by atoms with Crippen molar-refractivity contribution in [1.29, 1.82) is 0 Å². The van der Waals surface area contributed by atoms with Gasteiger partial charge in [-0.3, -0.25) is 0 Å². The Morgan fingerprint density at radius 2 is 1.00 bits per heavy atom. The standard InChI is InChI=1S/C13H34O4Si3/c1-11-14-18(6,7)16-20(10,13(3,4)5)17-19(8,9)15-12-2/h11-12H2,1-10H3. The zero-order valence-corrected chi connectivity index (χ0v) is 18.0. The molecular weight excluding hydrogens is 304 g/mol. The highest BCUT2D eigenvalue weighted by Gasteiger charge is 2.52. The van der Waals surface area contributed by atoms with Crippen LogP contribution in [0.2, 0.25) is 37.8 Å². The quantitative estimate of drug-likeness (QED) is 0.616. The smallest absolute Gasteiger partial charge is 0.322 e. The van der Waals surface area contributed by atoms with Crippen molar-refractivity contribution in [2.45, 2.75) is 72.4 Å². The van der Waals surface area contributed by atoms with Crippen molar-refractivity contribution in [2.75, 3.05) is 13.2 Å². The predicted molar refractivity (Wildman–Crippen MR) is 91.7 cm³/mol. The lowest BCUT2D eigenvalue weighted by molar-refractivity contribution is 0.199. The van der Waals surface area contributed by atoms with Crippen molar-refractivity contribution in [2.24, 2.45) is 0 Å². The van der Waals surface area contributed by atoms with E-state index in [9.17, 15) is 0 Å². The summed E-state index contributed by atoms with van der Waals surface area (Å²) in [4.78, 5) is 0. The van der Waals surface area contributed by atoms with E-state index in [0.29, 0.717) is 13.2 Å². The second-order valence-electron chi connectivity index (χ2n) is 7.07. The Morgan fingerprint density at radius 1 is 0.700 bits per heavy atom. The van der Waals surface area contributed by atoms with Crippen LogP contribution in [0.15, 0.2) is 0 Å². The van der Waals surface area contributed by atoms with E-state index in [1.165, 1.54) is 0 Å². The average molecular weight is 339 g/mol. The summed E-state index contributed by atoms with van der Waals surface area (Å²) >= 11 is 0. The Balaban J connectivity index is 5.23. The van der Waals surface area contributed by atoms with Crippen LogP contribution >= 0.6 is 0 Å². The molecular formula is C13H34O4Si3. The summed E-state index contributed by atoms with van der Waals surface area (Å²) in [5.74, 6) is 0. The molecule has 0 atom stereocenters. The van der Waals surface area contributed by atoms with E-state index in [1.807, 2.05) is 13.8 Å². The summed E-state index contributed by atoms with van der Waals surface area (Å²) in [5, 5.41) is -0.0320. The van der Waals surface area contributed by atoms with Crippen LogP contribution in [-0.4, -0.2) is 38.9 Å². The first-order valence-corrected chi connectivity index (χ1v) is 15.4. The zero-order valence-electron chi connectivity index (χ0n) is 15.0. The highest BCUT2D eigenvalue weighted by molar-refractivity contribution is 6.86. The van der Waals surface area contributed by atoms with Crippen LogP contribution in [0.4, 0.5) is 0 Å². The second-order valence-corrected chi connectivity index (χ2v) is 18.3. The minimum Gasteiger partial charge on any atom is -0.415 e. The minimum atomic E-state index is -2.42. The lowest BCUT2D eigenvalue weighted by Crippen LogP contribution is -2.60. The Kier molecular flexibility index (Phi) is 7.34. The number of hydrogen-bond donors (Lipinski definition) is 0.